The summed E-state index contributed by atoms with van der Waals surface area (Å²) in [4.78, 5) is 0. The van der Waals surface area contributed by atoms with Gasteiger partial charge in [0.1, 0.15) is 0 Å². The number of hydrogen-bond donors (Lipinski definition) is 0. The predicted molar refractivity (Wildman–Crippen MR) is 111 cm³/mol. The zero-order valence-corrected chi connectivity index (χ0v) is 18.0. The molecule has 0 aromatic carbocycles. The van der Waals surface area contributed by atoms with E-state index < -0.39 is 0 Å². The molecule has 152 valence electrons. The van der Waals surface area contributed by atoms with Crippen molar-refractivity contribution in [3.63, 3.8) is 0 Å². The molecule has 0 saturated carbocycles. The first-order valence-corrected chi connectivity index (χ1v) is 11.4. The van der Waals surface area contributed by atoms with E-state index in [9.17, 15) is 0 Å². The third-order valence-electron chi connectivity index (χ3n) is 5.07. The van der Waals surface area contributed by atoms with Crippen LogP contribution in [0.15, 0.2) is 0 Å². The van der Waals surface area contributed by atoms with Crippen molar-refractivity contribution in [2.45, 2.75) is 111 Å². The Morgan fingerprint density at radius 1 is 0.560 bits per heavy atom. The highest BCUT2D eigenvalue weighted by Gasteiger charge is 2.04. The van der Waals surface area contributed by atoms with Gasteiger partial charge in [0.2, 0.25) is 0 Å². The van der Waals surface area contributed by atoms with E-state index in [4.69, 9.17) is 9.47 Å². The molecule has 1 atom stereocenters. The SMILES string of the molecule is CCCC(CC)CCCOCCCCCCCCOCCCC(C)C. The lowest BCUT2D eigenvalue weighted by molar-refractivity contribution is 0.120. The normalized spacial score (nSPS) is 12.8. The summed E-state index contributed by atoms with van der Waals surface area (Å²) >= 11 is 0. The fraction of sp³-hybridized carbons (Fsp3) is 1.00. The first kappa shape index (κ1) is 24.9. The maximum atomic E-state index is 5.79. The highest BCUT2D eigenvalue weighted by Crippen LogP contribution is 2.17. The standard InChI is InChI=1S/C23H48O2/c1-5-15-23(6-2)17-14-21-25-19-12-10-8-7-9-11-18-24-20-13-16-22(3)4/h22-23H,5-21H2,1-4H3. The van der Waals surface area contributed by atoms with Gasteiger partial charge in [-0.15, -0.1) is 0 Å². The zero-order valence-electron chi connectivity index (χ0n) is 18.0. The van der Waals surface area contributed by atoms with Crippen LogP contribution in [0.3, 0.4) is 0 Å². The van der Waals surface area contributed by atoms with Crippen LogP contribution < -0.4 is 0 Å². The van der Waals surface area contributed by atoms with Crippen molar-refractivity contribution in [3.8, 4) is 0 Å². The quantitative estimate of drug-likeness (QED) is 0.211. The molecule has 0 heterocycles. The third-order valence-corrected chi connectivity index (χ3v) is 5.07. The molecule has 0 aliphatic heterocycles. The fourth-order valence-electron chi connectivity index (χ4n) is 3.35. The predicted octanol–water partition coefficient (Wildman–Crippen LogP) is 7.40. The lowest BCUT2D eigenvalue weighted by atomic mass is 9.96. The molecule has 0 saturated heterocycles. The minimum absolute atomic E-state index is 0.807. The number of hydrogen-bond acceptors (Lipinski definition) is 2. The Hall–Kier alpha value is -0.0800. The van der Waals surface area contributed by atoms with Crippen molar-refractivity contribution in [1.29, 1.82) is 0 Å². The van der Waals surface area contributed by atoms with Gasteiger partial charge in [-0.25, -0.2) is 0 Å². The van der Waals surface area contributed by atoms with Crippen molar-refractivity contribution in [3.05, 3.63) is 0 Å². The Morgan fingerprint density at radius 2 is 1.04 bits per heavy atom. The van der Waals surface area contributed by atoms with Crippen molar-refractivity contribution < 1.29 is 9.47 Å². The Balaban J connectivity index is 3.09. The average Bonchev–Trinajstić information content (AvgIpc) is 2.60. The van der Waals surface area contributed by atoms with Gasteiger partial charge in [-0.2, -0.15) is 0 Å². The molecule has 0 aliphatic carbocycles. The zero-order chi connectivity index (χ0) is 18.6. The minimum Gasteiger partial charge on any atom is -0.381 e. The molecule has 0 aromatic rings. The summed E-state index contributed by atoms with van der Waals surface area (Å²) in [6.45, 7) is 13.0. The minimum atomic E-state index is 0.807. The summed E-state index contributed by atoms with van der Waals surface area (Å²) in [7, 11) is 0. The van der Waals surface area contributed by atoms with E-state index in [0.717, 1.165) is 38.3 Å². The van der Waals surface area contributed by atoms with Gasteiger partial charge in [0.25, 0.3) is 0 Å². The molecule has 0 aromatic heterocycles. The highest BCUT2D eigenvalue weighted by molar-refractivity contribution is 4.56. The number of unbranched alkanes of at least 4 members (excludes halogenated alkanes) is 5. The molecule has 0 aliphatic rings. The van der Waals surface area contributed by atoms with Gasteiger partial charge < -0.3 is 9.47 Å². The van der Waals surface area contributed by atoms with Crippen LogP contribution in [-0.2, 0) is 9.47 Å². The summed E-state index contributed by atoms with van der Waals surface area (Å²) in [5.41, 5.74) is 0. The molecule has 2 nitrogen and oxygen atoms in total. The van der Waals surface area contributed by atoms with Crippen LogP contribution in [0.5, 0.6) is 0 Å². The monoisotopic (exact) mass is 356 g/mol. The number of ether oxygens (including phenoxy) is 2. The van der Waals surface area contributed by atoms with Crippen LogP contribution in [0.1, 0.15) is 111 Å². The van der Waals surface area contributed by atoms with E-state index in [-0.39, 0.29) is 0 Å². The second-order valence-corrected chi connectivity index (χ2v) is 8.09. The van der Waals surface area contributed by atoms with Gasteiger partial charge in [-0.1, -0.05) is 72.6 Å². The molecule has 0 bridgehead atoms. The Bertz CT molecular complexity index is 240. The molecule has 0 fully saturated rings. The van der Waals surface area contributed by atoms with E-state index >= 15 is 0 Å². The molecule has 2 heteroatoms. The maximum absolute atomic E-state index is 5.79. The van der Waals surface area contributed by atoms with Gasteiger partial charge in [-0.3, -0.25) is 0 Å². The van der Waals surface area contributed by atoms with Crippen LogP contribution in [0.2, 0.25) is 0 Å². The van der Waals surface area contributed by atoms with Crippen molar-refractivity contribution in [2.75, 3.05) is 26.4 Å². The van der Waals surface area contributed by atoms with E-state index in [0.29, 0.717) is 0 Å². The van der Waals surface area contributed by atoms with Crippen LogP contribution in [0, 0.1) is 11.8 Å². The lowest BCUT2D eigenvalue weighted by Gasteiger charge is -2.13. The van der Waals surface area contributed by atoms with Gasteiger partial charge >= 0.3 is 0 Å². The molecule has 0 N–H and O–H groups in total. The van der Waals surface area contributed by atoms with Crippen LogP contribution in [-0.4, -0.2) is 26.4 Å². The van der Waals surface area contributed by atoms with Crippen molar-refractivity contribution in [1.82, 2.24) is 0 Å². The number of rotatable bonds is 20. The first-order chi connectivity index (χ1) is 12.2. The van der Waals surface area contributed by atoms with Gasteiger partial charge in [-0.05, 0) is 50.4 Å². The van der Waals surface area contributed by atoms with E-state index in [1.54, 1.807) is 0 Å². The molecular weight excluding hydrogens is 308 g/mol. The first-order valence-electron chi connectivity index (χ1n) is 11.4. The average molecular weight is 357 g/mol. The van der Waals surface area contributed by atoms with Crippen LogP contribution in [0.25, 0.3) is 0 Å². The molecule has 0 radical (unpaired) electrons. The summed E-state index contributed by atoms with van der Waals surface area (Å²) < 4.78 is 11.5. The third kappa shape index (κ3) is 20.1. The van der Waals surface area contributed by atoms with Crippen LogP contribution >= 0.6 is 0 Å². The summed E-state index contributed by atoms with van der Waals surface area (Å²) in [6.07, 6.45) is 17.0. The second-order valence-electron chi connectivity index (χ2n) is 8.09. The van der Waals surface area contributed by atoms with Gasteiger partial charge in [0, 0.05) is 26.4 Å². The van der Waals surface area contributed by atoms with Gasteiger partial charge in [0.05, 0.1) is 0 Å². The maximum Gasteiger partial charge on any atom is 0.0466 e. The highest BCUT2D eigenvalue weighted by atomic mass is 16.5. The van der Waals surface area contributed by atoms with Crippen LogP contribution in [0.4, 0.5) is 0 Å². The van der Waals surface area contributed by atoms with E-state index in [1.165, 1.54) is 83.5 Å². The van der Waals surface area contributed by atoms with Crippen molar-refractivity contribution >= 4 is 0 Å². The molecular formula is C23H48O2. The molecule has 0 rings (SSSR count). The Kier molecular flexibility index (Phi) is 20.2. The molecule has 25 heavy (non-hydrogen) atoms. The second kappa shape index (κ2) is 20.2. The summed E-state index contributed by atoms with van der Waals surface area (Å²) in [6, 6.07) is 0. The van der Waals surface area contributed by atoms with E-state index in [2.05, 4.69) is 27.7 Å². The molecule has 0 amide bonds. The summed E-state index contributed by atoms with van der Waals surface area (Å²) in [5.74, 6) is 1.73. The largest absolute Gasteiger partial charge is 0.381 e. The topological polar surface area (TPSA) is 18.5 Å². The van der Waals surface area contributed by atoms with Crippen molar-refractivity contribution in [2.24, 2.45) is 11.8 Å². The molecule has 1 unspecified atom stereocenters. The fourth-order valence-corrected chi connectivity index (χ4v) is 3.35. The lowest BCUT2D eigenvalue weighted by Crippen LogP contribution is -2.03. The Morgan fingerprint density at radius 3 is 1.52 bits per heavy atom. The van der Waals surface area contributed by atoms with E-state index in [1.807, 2.05) is 0 Å². The summed E-state index contributed by atoms with van der Waals surface area (Å²) in [5, 5.41) is 0. The van der Waals surface area contributed by atoms with Gasteiger partial charge in [0.15, 0.2) is 0 Å². The molecule has 0 spiro atoms. The smallest absolute Gasteiger partial charge is 0.0466 e. The Labute approximate surface area is 159 Å².